The molecule has 0 bridgehead atoms. The molecule has 0 spiro atoms. The fourth-order valence-corrected chi connectivity index (χ4v) is 3.99. The number of fused-ring (bicyclic) bond motifs is 2. The average molecular weight is 315 g/mol. The second-order valence-electron chi connectivity index (χ2n) is 6.91. The number of nitrogens with zero attached hydrogens (tertiary/aromatic N) is 6. The second-order valence-corrected chi connectivity index (χ2v) is 6.91. The van der Waals surface area contributed by atoms with Gasteiger partial charge in [0.05, 0.1) is 0 Å². The standard InChI is InChI=1S/C15H21N7O/c1-20(2)9-15-8-16-6-11(15)7-21(10-15)13(23)12-18-14-17-4-3-5-22(14)19-12/h3-5,11,16H,6-10H2,1-2H3. The van der Waals surface area contributed by atoms with Crippen molar-refractivity contribution in [3.63, 3.8) is 0 Å². The van der Waals surface area contributed by atoms with Gasteiger partial charge in [-0.2, -0.15) is 4.98 Å². The van der Waals surface area contributed by atoms with Gasteiger partial charge in [0.1, 0.15) is 0 Å². The lowest BCUT2D eigenvalue weighted by Gasteiger charge is -2.31. The van der Waals surface area contributed by atoms with E-state index in [1.807, 2.05) is 4.90 Å². The minimum atomic E-state index is -0.0944. The summed E-state index contributed by atoms with van der Waals surface area (Å²) in [6.45, 7) is 4.43. The monoisotopic (exact) mass is 315 g/mol. The quantitative estimate of drug-likeness (QED) is 0.811. The molecule has 122 valence electrons. The van der Waals surface area contributed by atoms with Crippen LogP contribution in [0.3, 0.4) is 0 Å². The largest absolute Gasteiger partial charge is 0.335 e. The van der Waals surface area contributed by atoms with E-state index in [0.29, 0.717) is 11.7 Å². The lowest BCUT2D eigenvalue weighted by Crippen LogP contribution is -2.42. The molecule has 0 radical (unpaired) electrons. The SMILES string of the molecule is CN(C)CC12CNCC1CN(C(=O)c1nc3ncccn3n1)C2. The molecule has 0 aliphatic carbocycles. The van der Waals surface area contributed by atoms with Crippen molar-refractivity contribution in [2.45, 2.75) is 0 Å². The average Bonchev–Trinajstić information content (AvgIpc) is 3.16. The summed E-state index contributed by atoms with van der Waals surface area (Å²) in [7, 11) is 4.17. The van der Waals surface area contributed by atoms with Crippen molar-refractivity contribution in [2.24, 2.45) is 11.3 Å². The number of hydrogen-bond donors (Lipinski definition) is 1. The van der Waals surface area contributed by atoms with Crippen LogP contribution in [0.1, 0.15) is 10.6 Å². The number of aromatic nitrogens is 4. The van der Waals surface area contributed by atoms with Gasteiger partial charge in [-0.1, -0.05) is 0 Å². The molecule has 1 N–H and O–H groups in total. The third-order valence-electron chi connectivity index (χ3n) is 4.91. The molecule has 2 fully saturated rings. The summed E-state index contributed by atoms with van der Waals surface area (Å²) < 4.78 is 1.54. The number of carbonyl (C=O) groups is 1. The number of likely N-dealkylation sites (tertiary alicyclic amines) is 1. The van der Waals surface area contributed by atoms with E-state index < -0.39 is 0 Å². The first-order valence-electron chi connectivity index (χ1n) is 7.89. The Hall–Kier alpha value is -2.06. The fraction of sp³-hybridized carbons (Fsp3) is 0.600. The van der Waals surface area contributed by atoms with Crippen LogP contribution in [0.15, 0.2) is 18.5 Å². The number of rotatable bonds is 3. The molecule has 2 saturated heterocycles. The second kappa shape index (κ2) is 5.24. The molecule has 23 heavy (non-hydrogen) atoms. The van der Waals surface area contributed by atoms with Gasteiger partial charge in [-0.25, -0.2) is 9.50 Å². The van der Waals surface area contributed by atoms with Crippen LogP contribution in [0, 0.1) is 11.3 Å². The third kappa shape index (κ3) is 2.38. The molecule has 2 unspecified atom stereocenters. The molecule has 8 heteroatoms. The predicted octanol–water partition coefficient (Wildman–Crippen LogP) is -0.652. The lowest BCUT2D eigenvalue weighted by molar-refractivity contribution is 0.0752. The maximum absolute atomic E-state index is 12.8. The zero-order chi connectivity index (χ0) is 16.0. The molecule has 0 aromatic carbocycles. The van der Waals surface area contributed by atoms with Gasteiger partial charge in [-0.15, -0.1) is 5.10 Å². The Labute approximate surface area is 134 Å². The Kier molecular flexibility index (Phi) is 3.31. The minimum Gasteiger partial charge on any atom is -0.335 e. The Morgan fingerprint density at radius 2 is 2.39 bits per heavy atom. The normalized spacial score (nSPS) is 27.1. The van der Waals surface area contributed by atoms with Crippen molar-refractivity contribution >= 4 is 11.7 Å². The lowest BCUT2D eigenvalue weighted by atomic mass is 9.80. The summed E-state index contributed by atoms with van der Waals surface area (Å²) in [6.07, 6.45) is 3.40. The van der Waals surface area contributed by atoms with E-state index in [-0.39, 0.29) is 17.1 Å². The van der Waals surface area contributed by atoms with Gasteiger partial charge >= 0.3 is 0 Å². The van der Waals surface area contributed by atoms with Crippen LogP contribution in [-0.4, -0.2) is 82.1 Å². The molecule has 0 saturated carbocycles. The Balaban J connectivity index is 1.58. The highest BCUT2D eigenvalue weighted by Crippen LogP contribution is 2.39. The molecule has 2 aromatic rings. The molecule has 4 rings (SSSR count). The molecular formula is C15H21N7O. The molecule has 2 aliphatic rings. The molecular weight excluding hydrogens is 294 g/mol. The highest BCUT2D eigenvalue weighted by molar-refractivity contribution is 5.91. The summed E-state index contributed by atoms with van der Waals surface area (Å²) in [4.78, 5) is 25.3. The Bertz CT molecular complexity index is 709. The zero-order valence-electron chi connectivity index (χ0n) is 13.4. The van der Waals surface area contributed by atoms with Gasteiger partial charge in [0, 0.05) is 50.5 Å². The first kappa shape index (κ1) is 14.5. The van der Waals surface area contributed by atoms with Crippen LogP contribution >= 0.6 is 0 Å². The summed E-state index contributed by atoms with van der Waals surface area (Å²) in [5.41, 5.74) is 0.135. The first-order chi connectivity index (χ1) is 11.1. The van der Waals surface area contributed by atoms with Crippen molar-refractivity contribution in [1.82, 2.24) is 34.7 Å². The maximum Gasteiger partial charge on any atom is 0.293 e. The number of carbonyl (C=O) groups excluding carboxylic acids is 1. The summed E-state index contributed by atoms with van der Waals surface area (Å²) in [5.74, 6) is 1.09. The van der Waals surface area contributed by atoms with E-state index in [0.717, 1.165) is 32.7 Å². The smallest absolute Gasteiger partial charge is 0.293 e. The maximum atomic E-state index is 12.8. The minimum absolute atomic E-state index is 0.0944. The predicted molar refractivity (Wildman–Crippen MR) is 84.0 cm³/mol. The van der Waals surface area contributed by atoms with Gasteiger partial charge in [0.15, 0.2) is 0 Å². The van der Waals surface area contributed by atoms with Crippen molar-refractivity contribution in [3.8, 4) is 0 Å². The van der Waals surface area contributed by atoms with E-state index in [9.17, 15) is 4.79 Å². The van der Waals surface area contributed by atoms with Crippen LogP contribution in [0.4, 0.5) is 0 Å². The van der Waals surface area contributed by atoms with Gasteiger partial charge in [-0.05, 0) is 26.1 Å². The van der Waals surface area contributed by atoms with E-state index in [4.69, 9.17) is 0 Å². The molecule has 2 atom stereocenters. The van der Waals surface area contributed by atoms with Gasteiger partial charge in [0.25, 0.3) is 11.7 Å². The first-order valence-corrected chi connectivity index (χ1v) is 7.89. The van der Waals surface area contributed by atoms with E-state index in [1.165, 1.54) is 0 Å². The summed E-state index contributed by atoms with van der Waals surface area (Å²) in [5, 5.41) is 7.74. The van der Waals surface area contributed by atoms with Gasteiger partial charge in [0.2, 0.25) is 5.82 Å². The highest BCUT2D eigenvalue weighted by atomic mass is 16.2. The molecule has 1 amide bonds. The van der Waals surface area contributed by atoms with Crippen LogP contribution in [0.25, 0.3) is 5.78 Å². The van der Waals surface area contributed by atoms with E-state index in [1.54, 1.807) is 23.0 Å². The number of nitrogens with one attached hydrogen (secondary N) is 1. The molecule has 2 aliphatic heterocycles. The Morgan fingerprint density at radius 3 is 3.17 bits per heavy atom. The van der Waals surface area contributed by atoms with E-state index in [2.05, 4.69) is 39.4 Å². The fourth-order valence-electron chi connectivity index (χ4n) is 3.99. The number of hydrogen-bond acceptors (Lipinski definition) is 6. The van der Waals surface area contributed by atoms with Crippen molar-refractivity contribution in [2.75, 3.05) is 46.8 Å². The number of amides is 1. The summed E-state index contributed by atoms with van der Waals surface area (Å²) >= 11 is 0. The van der Waals surface area contributed by atoms with Crippen LogP contribution in [0.2, 0.25) is 0 Å². The van der Waals surface area contributed by atoms with Crippen LogP contribution < -0.4 is 5.32 Å². The summed E-state index contributed by atoms with van der Waals surface area (Å²) in [6, 6.07) is 1.77. The van der Waals surface area contributed by atoms with Crippen molar-refractivity contribution < 1.29 is 4.79 Å². The molecule has 4 heterocycles. The molecule has 2 aromatic heterocycles. The van der Waals surface area contributed by atoms with Crippen LogP contribution in [-0.2, 0) is 0 Å². The van der Waals surface area contributed by atoms with E-state index >= 15 is 0 Å². The topological polar surface area (TPSA) is 78.7 Å². The van der Waals surface area contributed by atoms with Gasteiger partial charge in [-0.3, -0.25) is 4.79 Å². The molecule has 8 nitrogen and oxygen atoms in total. The zero-order valence-corrected chi connectivity index (χ0v) is 13.4. The van der Waals surface area contributed by atoms with Gasteiger partial charge < -0.3 is 15.1 Å². The highest BCUT2D eigenvalue weighted by Gasteiger charge is 2.51. The third-order valence-corrected chi connectivity index (χ3v) is 4.91. The van der Waals surface area contributed by atoms with Crippen LogP contribution in [0.5, 0.6) is 0 Å². The van der Waals surface area contributed by atoms with Crippen molar-refractivity contribution in [3.05, 3.63) is 24.3 Å². The Morgan fingerprint density at radius 1 is 1.52 bits per heavy atom. The van der Waals surface area contributed by atoms with Crippen molar-refractivity contribution in [1.29, 1.82) is 0 Å².